The van der Waals surface area contributed by atoms with Gasteiger partial charge in [0.1, 0.15) is 5.82 Å². The van der Waals surface area contributed by atoms with Gasteiger partial charge in [-0.3, -0.25) is 10.1 Å². The number of nitrogens with one attached hydrogen (secondary N) is 1. The Labute approximate surface area is 124 Å². The van der Waals surface area contributed by atoms with Crippen LogP contribution in [0.4, 0.5) is 10.1 Å². The molecule has 0 amide bonds. The summed E-state index contributed by atoms with van der Waals surface area (Å²) >= 11 is 0. The molecule has 5 heteroatoms. The molecule has 1 aliphatic carbocycles. The minimum absolute atomic E-state index is 0.0740. The number of likely N-dealkylation sites (N-methyl/N-ethyl adjacent to an activating group) is 1. The number of rotatable bonds is 5. The molecular weight excluding hydrogens is 271 g/mol. The molecule has 1 fully saturated rings. The molecule has 0 aliphatic heterocycles. The zero-order chi connectivity index (χ0) is 15.2. The van der Waals surface area contributed by atoms with Crippen LogP contribution in [-0.4, -0.2) is 18.5 Å². The Hall–Kier alpha value is -1.75. The Balaban J connectivity index is 2.32. The lowest BCUT2D eigenvalue weighted by molar-refractivity contribution is -0.384. The Morgan fingerprint density at radius 2 is 2.14 bits per heavy atom. The predicted molar refractivity (Wildman–Crippen MR) is 81.5 cm³/mol. The summed E-state index contributed by atoms with van der Waals surface area (Å²) in [6.07, 6.45) is 7.67. The first-order valence-corrected chi connectivity index (χ1v) is 7.41. The van der Waals surface area contributed by atoms with E-state index in [1.165, 1.54) is 37.5 Å². The number of hydrogen-bond donors (Lipinski definition) is 1. The Bertz CT molecular complexity index is 537. The van der Waals surface area contributed by atoms with Gasteiger partial charge in [0.05, 0.1) is 4.92 Å². The lowest BCUT2D eigenvalue weighted by Crippen LogP contribution is -2.19. The van der Waals surface area contributed by atoms with Crippen LogP contribution in [0.15, 0.2) is 23.8 Å². The van der Waals surface area contributed by atoms with E-state index in [0.717, 1.165) is 18.4 Å². The highest BCUT2D eigenvalue weighted by Gasteiger charge is 2.18. The lowest BCUT2D eigenvalue weighted by Gasteiger charge is -2.24. The molecule has 1 N–H and O–H groups in total. The van der Waals surface area contributed by atoms with E-state index in [4.69, 9.17) is 0 Å². The summed E-state index contributed by atoms with van der Waals surface area (Å²) in [5, 5.41) is 13.9. The van der Waals surface area contributed by atoms with Crippen LogP contribution in [0, 0.1) is 21.8 Å². The van der Waals surface area contributed by atoms with Gasteiger partial charge in [-0.2, -0.15) is 0 Å². The summed E-state index contributed by atoms with van der Waals surface area (Å²) in [5.74, 6) is 0.0369. The van der Waals surface area contributed by atoms with Crippen molar-refractivity contribution in [3.63, 3.8) is 0 Å². The van der Waals surface area contributed by atoms with Crippen molar-refractivity contribution < 1.29 is 9.31 Å². The number of nitro benzene ring substituents is 1. The largest absolute Gasteiger partial charge is 0.316 e. The maximum Gasteiger partial charge on any atom is 0.270 e. The SMILES string of the molecule is CNC/C(=C/c1cc([N+](=O)[O-])ccc1F)C1CCCCC1. The molecule has 1 aromatic carbocycles. The third-order valence-corrected chi connectivity index (χ3v) is 4.04. The monoisotopic (exact) mass is 292 g/mol. The fourth-order valence-corrected chi connectivity index (χ4v) is 2.95. The summed E-state index contributed by atoms with van der Waals surface area (Å²) in [6, 6.07) is 3.68. The first-order chi connectivity index (χ1) is 10.1. The van der Waals surface area contributed by atoms with Crippen LogP contribution < -0.4 is 5.32 Å². The topological polar surface area (TPSA) is 55.2 Å². The number of benzene rings is 1. The standard InChI is InChI=1S/C16H21FN2O2/c1-18-11-14(12-5-3-2-4-6-12)9-13-10-15(19(20)21)7-8-16(13)17/h7-10,12,18H,2-6,11H2,1H3/b14-9-. The van der Waals surface area contributed by atoms with E-state index in [1.807, 2.05) is 7.05 Å². The summed E-state index contributed by atoms with van der Waals surface area (Å²) < 4.78 is 13.9. The van der Waals surface area contributed by atoms with Crippen molar-refractivity contribution in [1.29, 1.82) is 0 Å². The molecule has 1 saturated carbocycles. The van der Waals surface area contributed by atoms with Gasteiger partial charge in [0.2, 0.25) is 0 Å². The smallest absolute Gasteiger partial charge is 0.270 e. The molecule has 21 heavy (non-hydrogen) atoms. The predicted octanol–water partition coefficient (Wildman–Crippen LogP) is 3.92. The second-order valence-electron chi connectivity index (χ2n) is 5.55. The second-order valence-corrected chi connectivity index (χ2v) is 5.55. The lowest BCUT2D eigenvalue weighted by atomic mass is 9.83. The molecule has 0 bridgehead atoms. The van der Waals surface area contributed by atoms with Crippen molar-refractivity contribution in [2.24, 2.45) is 5.92 Å². The molecule has 0 saturated heterocycles. The number of nitrogens with zero attached hydrogens (tertiary/aromatic N) is 1. The number of halogens is 1. The van der Waals surface area contributed by atoms with Crippen molar-refractivity contribution in [2.75, 3.05) is 13.6 Å². The normalized spacial score (nSPS) is 17.0. The molecule has 0 aromatic heterocycles. The van der Waals surface area contributed by atoms with E-state index < -0.39 is 10.7 Å². The fraction of sp³-hybridized carbons (Fsp3) is 0.500. The van der Waals surface area contributed by atoms with Gasteiger partial charge in [-0.1, -0.05) is 30.9 Å². The second kappa shape index (κ2) is 7.31. The third kappa shape index (κ3) is 4.11. The van der Waals surface area contributed by atoms with Gasteiger partial charge in [0.15, 0.2) is 0 Å². The van der Waals surface area contributed by atoms with Crippen molar-refractivity contribution in [3.05, 3.63) is 45.3 Å². The van der Waals surface area contributed by atoms with Crippen molar-refractivity contribution in [1.82, 2.24) is 5.32 Å². The van der Waals surface area contributed by atoms with Crippen LogP contribution in [-0.2, 0) is 0 Å². The van der Waals surface area contributed by atoms with E-state index in [2.05, 4.69) is 5.32 Å². The minimum atomic E-state index is -0.491. The highest BCUT2D eigenvalue weighted by Crippen LogP contribution is 2.31. The van der Waals surface area contributed by atoms with Gasteiger partial charge in [0, 0.05) is 24.2 Å². The van der Waals surface area contributed by atoms with Crippen molar-refractivity contribution >= 4 is 11.8 Å². The van der Waals surface area contributed by atoms with Crippen LogP contribution >= 0.6 is 0 Å². The van der Waals surface area contributed by atoms with Gasteiger partial charge < -0.3 is 5.32 Å². The molecule has 4 nitrogen and oxygen atoms in total. The Morgan fingerprint density at radius 3 is 2.76 bits per heavy atom. The van der Waals surface area contributed by atoms with E-state index in [1.54, 1.807) is 6.08 Å². The Kier molecular flexibility index (Phi) is 5.44. The molecule has 1 aromatic rings. The third-order valence-electron chi connectivity index (χ3n) is 4.04. The van der Waals surface area contributed by atoms with Crippen LogP contribution in [0.25, 0.3) is 6.08 Å². The minimum Gasteiger partial charge on any atom is -0.316 e. The van der Waals surface area contributed by atoms with Crippen LogP contribution in [0.5, 0.6) is 0 Å². The van der Waals surface area contributed by atoms with E-state index in [9.17, 15) is 14.5 Å². The summed E-state index contributed by atoms with van der Waals surface area (Å²) in [7, 11) is 1.86. The molecule has 0 spiro atoms. The maximum atomic E-state index is 13.9. The van der Waals surface area contributed by atoms with Gasteiger partial charge in [-0.25, -0.2) is 4.39 Å². The molecule has 0 heterocycles. The molecule has 114 valence electrons. The van der Waals surface area contributed by atoms with E-state index >= 15 is 0 Å². The first-order valence-electron chi connectivity index (χ1n) is 7.41. The summed E-state index contributed by atoms with van der Waals surface area (Å²) in [4.78, 5) is 10.3. The van der Waals surface area contributed by atoms with Gasteiger partial charge in [-0.15, -0.1) is 0 Å². The number of nitro groups is 1. The molecule has 2 rings (SSSR count). The van der Waals surface area contributed by atoms with E-state index in [0.29, 0.717) is 18.0 Å². The maximum absolute atomic E-state index is 13.9. The summed E-state index contributed by atoms with van der Waals surface area (Å²) in [5.41, 5.74) is 1.37. The molecule has 0 unspecified atom stereocenters. The highest BCUT2D eigenvalue weighted by molar-refractivity contribution is 5.57. The highest BCUT2D eigenvalue weighted by atomic mass is 19.1. The number of hydrogen-bond acceptors (Lipinski definition) is 3. The zero-order valence-corrected chi connectivity index (χ0v) is 12.3. The number of non-ortho nitro benzene ring substituents is 1. The van der Waals surface area contributed by atoms with Crippen LogP contribution in [0.1, 0.15) is 37.7 Å². The Morgan fingerprint density at radius 1 is 1.43 bits per heavy atom. The average molecular weight is 292 g/mol. The van der Waals surface area contributed by atoms with Crippen molar-refractivity contribution in [2.45, 2.75) is 32.1 Å². The molecular formula is C16H21FN2O2. The van der Waals surface area contributed by atoms with Crippen molar-refractivity contribution in [3.8, 4) is 0 Å². The van der Waals surface area contributed by atoms with Gasteiger partial charge in [-0.05, 0) is 31.9 Å². The first kappa shape index (κ1) is 15.6. The van der Waals surface area contributed by atoms with Crippen LogP contribution in [0.3, 0.4) is 0 Å². The zero-order valence-electron chi connectivity index (χ0n) is 12.3. The molecule has 0 radical (unpaired) electrons. The summed E-state index contributed by atoms with van der Waals surface area (Å²) in [6.45, 7) is 0.687. The fourth-order valence-electron chi connectivity index (χ4n) is 2.95. The van der Waals surface area contributed by atoms with E-state index in [-0.39, 0.29) is 5.69 Å². The molecule has 1 aliphatic rings. The van der Waals surface area contributed by atoms with Gasteiger partial charge in [0.25, 0.3) is 5.69 Å². The quantitative estimate of drug-likeness (QED) is 0.661. The van der Waals surface area contributed by atoms with Gasteiger partial charge >= 0.3 is 0 Å². The van der Waals surface area contributed by atoms with Crippen LogP contribution in [0.2, 0.25) is 0 Å². The average Bonchev–Trinajstić information content (AvgIpc) is 2.49. The molecule has 0 atom stereocenters.